The van der Waals surface area contributed by atoms with Crippen molar-refractivity contribution in [3.8, 4) is 0 Å². The topological polar surface area (TPSA) is 50.2 Å². The number of halogens is 1. The molecule has 0 unspecified atom stereocenters. The summed E-state index contributed by atoms with van der Waals surface area (Å²) in [6.07, 6.45) is 0. The lowest BCUT2D eigenvalue weighted by molar-refractivity contribution is 0.0697. The highest BCUT2D eigenvalue weighted by molar-refractivity contribution is 6.32. The summed E-state index contributed by atoms with van der Waals surface area (Å²) < 4.78 is 0. The van der Waals surface area contributed by atoms with Gasteiger partial charge in [0.15, 0.2) is 0 Å². The van der Waals surface area contributed by atoms with Crippen LogP contribution in [0.1, 0.15) is 15.9 Å². The zero-order valence-corrected chi connectivity index (χ0v) is 8.75. The van der Waals surface area contributed by atoms with Crippen molar-refractivity contribution in [3.63, 3.8) is 0 Å². The van der Waals surface area contributed by atoms with Gasteiger partial charge in [-0.05, 0) is 18.6 Å². The van der Waals surface area contributed by atoms with Crippen molar-refractivity contribution in [1.29, 1.82) is 0 Å². The zero-order valence-electron chi connectivity index (χ0n) is 7.99. The number of carbonyl (C=O) groups is 1. The third-order valence-corrected chi connectivity index (χ3v) is 2.52. The van der Waals surface area contributed by atoms with Crippen LogP contribution in [-0.2, 0) is 0 Å². The van der Waals surface area contributed by atoms with Gasteiger partial charge < -0.3 is 5.11 Å². The second kappa shape index (κ2) is 3.51. The fraction of sp³-hybridized carbons (Fsp3) is 0.0909. The third-order valence-electron chi connectivity index (χ3n) is 2.23. The van der Waals surface area contributed by atoms with Gasteiger partial charge in [0.1, 0.15) is 5.15 Å². The van der Waals surface area contributed by atoms with Crippen LogP contribution in [-0.4, -0.2) is 16.1 Å². The van der Waals surface area contributed by atoms with Gasteiger partial charge in [-0.25, -0.2) is 9.78 Å². The first-order valence-corrected chi connectivity index (χ1v) is 4.76. The van der Waals surface area contributed by atoms with Crippen molar-refractivity contribution in [3.05, 3.63) is 40.5 Å². The van der Waals surface area contributed by atoms with Crippen molar-refractivity contribution in [2.24, 2.45) is 0 Å². The Kier molecular flexibility index (Phi) is 2.32. The molecule has 0 aliphatic heterocycles. The Bertz CT molecular complexity index is 552. The molecule has 76 valence electrons. The molecule has 2 rings (SSSR count). The molecule has 1 aromatic carbocycles. The second-order valence-corrected chi connectivity index (χ2v) is 3.64. The number of aromatic nitrogens is 1. The van der Waals surface area contributed by atoms with Gasteiger partial charge in [0.2, 0.25) is 0 Å². The van der Waals surface area contributed by atoms with Crippen LogP contribution in [0.4, 0.5) is 0 Å². The molecular formula is C11H8ClNO2. The minimum atomic E-state index is -1.06. The monoisotopic (exact) mass is 221 g/mol. The Morgan fingerprint density at radius 2 is 2.20 bits per heavy atom. The minimum Gasteiger partial charge on any atom is -0.478 e. The lowest BCUT2D eigenvalue weighted by atomic mass is 10.1. The number of fused-ring (bicyclic) bond motifs is 1. The van der Waals surface area contributed by atoms with Gasteiger partial charge in [0, 0.05) is 5.39 Å². The van der Waals surface area contributed by atoms with Crippen LogP contribution in [0.3, 0.4) is 0 Å². The molecule has 3 nitrogen and oxygen atoms in total. The molecule has 2 aromatic rings. The molecule has 0 bridgehead atoms. The number of hydrogen-bond donors (Lipinski definition) is 1. The van der Waals surface area contributed by atoms with E-state index in [1.807, 2.05) is 25.1 Å². The molecule has 0 saturated heterocycles. The molecule has 0 aliphatic rings. The van der Waals surface area contributed by atoms with E-state index < -0.39 is 5.97 Å². The molecular weight excluding hydrogens is 214 g/mol. The first-order valence-electron chi connectivity index (χ1n) is 4.39. The summed E-state index contributed by atoms with van der Waals surface area (Å²) in [5, 5.41) is 9.69. The molecule has 1 aromatic heterocycles. The quantitative estimate of drug-likeness (QED) is 0.754. The zero-order chi connectivity index (χ0) is 11.0. The third kappa shape index (κ3) is 1.66. The van der Waals surface area contributed by atoms with E-state index in [1.165, 1.54) is 0 Å². The van der Waals surface area contributed by atoms with Crippen LogP contribution < -0.4 is 0 Å². The van der Waals surface area contributed by atoms with Crippen molar-refractivity contribution in [2.75, 3.05) is 0 Å². The SMILES string of the molecule is Cc1cccc2cc(C(=O)O)c(Cl)nc12. The Morgan fingerprint density at radius 3 is 2.87 bits per heavy atom. The molecule has 0 amide bonds. The van der Waals surface area contributed by atoms with Gasteiger partial charge in [0.25, 0.3) is 0 Å². The molecule has 0 saturated carbocycles. The fourth-order valence-corrected chi connectivity index (χ4v) is 1.69. The standard InChI is InChI=1S/C11H8ClNO2/c1-6-3-2-4-7-5-8(11(14)15)10(12)13-9(6)7/h2-5H,1H3,(H,14,15). The molecule has 4 heteroatoms. The van der Waals surface area contributed by atoms with Gasteiger partial charge in [-0.15, -0.1) is 0 Å². The molecule has 0 spiro atoms. The number of nitrogens with zero attached hydrogens (tertiary/aromatic N) is 1. The predicted octanol–water partition coefficient (Wildman–Crippen LogP) is 2.89. The van der Waals surface area contributed by atoms with E-state index >= 15 is 0 Å². The molecule has 0 fully saturated rings. The highest BCUT2D eigenvalue weighted by Gasteiger charge is 2.11. The molecule has 1 heterocycles. The maximum atomic E-state index is 10.8. The summed E-state index contributed by atoms with van der Waals surface area (Å²) in [6.45, 7) is 1.91. The molecule has 0 atom stereocenters. The average molecular weight is 222 g/mol. The number of aryl methyl sites for hydroxylation is 1. The largest absolute Gasteiger partial charge is 0.478 e. The second-order valence-electron chi connectivity index (χ2n) is 3.28. The lowest BCUT2D eigenvalue weighted by Crippen LogP contribution is -1.99. The van der Waals surface area contributed by atoms with Gasteiger partial charge in [-0.1, -0.05) is 29.8 Å². The number of para-hydroxylation sites is 1. The Morgan fingerprint density at radius 1 is 1.47 bits per heavy atom. The van der Waals surface area contributed by atoms with Crippen molar-refractivity contribution in [1.82, 2.24) is 4.98 Å². The van der Waals surface area contributed by atoms with E-state index in [2.05, 4.69) is 4.98 Å². The maximum absolute atomic E-state index is 10.8. The number of pyridine rings is 1. The van der Waals surface area contributed by atoms with E-state index in [0.717, 1.165) is 16.5 Å². The Hall–Kier alpha value is -1.61. The molecule has 1 N–H and O–H groups in total. The van der Waals surface area contributed by atoms with Gasteiger partial charge in [-0.2, -0.15) is 0 Å². The Labute approximate surface area is 91.3 Å². The van der Waals surface area contributed by atoms with Crippen LogP contribution in [0, 0.1) is 6.92 Å². The Balaban J connectivity index is 2.82. The number of aromatic carboxylic acids is 1. The minimum absolute atomic E-state index is 0.0318. The number of hydrogen-bond acceptors (Lipinski definition) is 2. The van der Waals surface area contributed by atoms with Crippen molar-refractivity contribution < 1.29 is 9.90 Å². The van der Waals surface area contributed by atoms with E-state index in [9.17, 15) is 4.79 Å². The first kappa shape index (κ1) is 9.93. The fourth-order valence-electron chi connectivity index (χ4n) is 1.47. The summed E-state index contributed by atoms with van der Waals surface area (Å²) in [7, 11) is 0. The van der Waals surface area contributed by atoms with Gasteiger partial charge >= 0.3 is 5.97 Å². The van der Waals surface area contributed by atoms with Crippen molar-refractivity contribution >= 4 is 28.5 Å². The van der Waals surface area contributed by atoms with E-state index in [-0.39, 0.29) is 10.7 Å². The van der Waals surface area contributed by atoms with E-state index in [4.69, 9.17) is 16.7 Å². The number of benzene rings is 1. The first-order chi connectivity index (χ1) is 7.09. The van der Waals surface area contributed by atoms with Gasteiger partial charge in [0.05, 0.1) is 11.1 Å². The van der Waals surface area contributed by atoms with Crippen LogP contribution in [0.2, 0.25) is 5.15 Å². The summed E-state index contributed by atoms with van der Waals surface area (Å²) >= 11 is 5.78. The number of rotatable bonds is 1. The van der Waals surface area contributed by atoms with E-state index in [0.29, 0.717) is 0 Å². The summed E-state index contributed by atoms with van der Waals surface area (Å²) in [5.74, 6) is -1.06. The van der Waals surface area contributed by atoms with Gasteiger partial charge in [-0.3, -0.25) is 0 Å². The summed E-state index contributed by atoms with van der Waals surface area (Å²) in [5.41, 5.74) is 1.76. The van der Waals surface area contributed by atoms with Crippen LogP contribution in [0.5, 0.6) is 0 Å². The van der Waals surface area contributed by atoms with Crippen LogP contribution in [0.25, 0.3) is 10.9 Å². The van der Waals surface area contributed by atoms with E-state index in [1.54, 1.807) is 6.07 Å². The maximum Gasteiger partial charge on any atom is 0.338 e. The number of carboxylic acid groups (broad SMARTS) is 1. The highest BCUT2D eigenvalue weighted by Crippen LogP contribution is 2.22. The molecule has 0 aliphatic carbocycles. The van der Waals surface area contributed by atoms with Crippen LogP contribution >= 0.6 is 11.6 Å². The smallest absolute Gasteiger partial charge is 0.338 e. The number of carboxylic acids is 1. The van der Waals surface area contributed by atoms with Crippen LogP contribution in [0.15, 0.2) is 24.3 Å². The molecule has 15 heavy (non-hydrogen) atoms. The highest BCUT2D eigenvalue weighted by atomic mass is 35.5. The predicted molar refractivity (Wildman–Crippen MR) is 58.4 cm³/mol. The van der Waals surface area contributed by atoms with Crippen molar-refractivity contribution in [2.45, 2.75) is 6.92 Å². The summed E-state index contributed by atoms with van der Waals surface area (Å²) in [4.78, 5) is 14.9. The average Bonchev–Trinajstić information content (AvgIpc) is 2.18. The molecule has 0 radical (unpaired) electrons. The summed E-state index contributed by atoms with van der Waals surface area (Å²) in [6, 6.07) is 7.13. The normalized spacial score (nSPS) is 10.5. The lowest BCUT2D eigenvalue weighted by Gasteiger charge is -2.04.